The molecule has 45 heavy (non-hydrogen) atoms. The number of rotatable bonds is 4. The lowest BCUT2D eigenvalue weighted by atomic mass is 9.98. The van der Waals surface area contributed by atoms with Crippen LogP contribution in [-0.2, 0) is 30.8 Å². The number of amides is 5. The topological polar surface area (TPSA) is 120 Å². The maximum atomic E-state index is 14.0. The molecule has 11 heteroatoms. The smallest absolute Gasteiger partial charge is 0.322 e. The number of anilines is 1. The van der Waals surface area contributed by atoms with E-state index in [1.807, 2.05) is 71.6 Å². The minimum absolute atomic E-state index is 0.0217. The van der Waals surface area contributed by atoms with Crippen LogP contribution >= 0.6 is 0 Å². The van der Waals surface area contributed by atoms with Crippen molar-refractivity contribution in [3.63, 3.8) is 0 Å². The van der Waals surface area contributed by atoms with Crippen LogP contribution in [0.15, 0.2) is 72.9 Å². The molecule has 1 atom stereocenters. The first-order valence-electron chi connectivity index (χ1n) is 15.4. The number of fused-ring (bicyclic) bond motifs is 4. The fraction of sp³-hybridized carbons (Fsp3) is 0.324. The molecule has 0 unspecified atom stereocenters. The molecule has 2 N–H and O–H groups in total. The van der Waals surface area contributed by atoms with Gasteiger partial charge in [0.1, 0.15) is 6.04 Å². The molecule has 1 saturated heterocycles. The van der Waals surface area contributed by atoms with E-state index in [0.29, 0.717) is 57.5 Å². The molecular formula is C34H35N7O4. The number of aromatic nitrogens is 2. The van der Waals surface area contributed by atoms with E-state index in [1.54, 1.807) is 16.0 Å². The van der Waals surface area contributed by atoms with Crippen LogP contribution in [0, 0.1) is 0 Å². The van der Waals surface area contributed by atoms with Crippen LogP contribution in [0.25, 0.3) is 10.9 Å². The summed E-state index contributed by atoms with van der Waals surface area (Å²) in [5.41, 5.74) is 5.48. The summed E-state index contributed by atoms with van der Waals surface area (Å²) in [6.07, 6.45) is 3.33. The molecule has 4 heterocycles. The van der Waals surface area contributed by atoms with Crippen LogP contribution in [0.1, 0.15) is 46.8 Å². The summed E-state index contributed by atoms with van der Waals surface area (Å²) < 4.78 is 1.37. The minimum Gasteiger partial charge on any atom is -0.332 e. The Bertz CT molecular complexity index is 1790. The van der Waals surface area contributed by atoms with Crippen molar-refractivity contribution in [3.8, 4) is 0 Å². The van der Waals surface area contributed by atoms with Crippen molar-refractivity contribution in [2.24, 2.45) is 0 Å². The molecule has 5 amide bonds. The largest absolute Gasteiger partial charge is 0.332 e. The molecule has 0 aliphatic carbocycles. The number of hydrogen-bond donors (Lipinski definition) is 2. The third-order valence-corrected chi connectivity index (χ3v) is 9.21. The van der Waals surface area contributed by atoms with E-state index in [2.05, 4.69) is 15.7 Å². The zero-order chi connectivity index (χ0) is 31.1. The molecule has 0 bridgehead atoms. The van der Waals surface area contributed by atoms with Crippen molar-refractivity contribution in [1.29, 1.82) is 0 Å². The second-order valence-corrected chi connectivity index (χ2v) is 12.0. The third kappa shape index (κ3) is 5.50. The maximum absolute atomic E-state index is 14.0. The fourth-order valence-corrected chi connectivity index (χ4v) is 6.82. The Hall–Kier alpha value is -5.19. The first-order valence-corrected chi connectivity index (χ1v) is 15.4. The normalized spacial score (nSPS) is 18.7. The van der Waals surface area contributed by atoms with Crippen LogP contribution in [0.3, 0.4) is 0 Å². The van der Waals surface area contributed by atoms with E-state index in [4.69, 9.17) is 0 Å². The number of likely N-dealkylation sites (tertiary alicyclic amines) is 1. The number of urea groups is 2. The van der Waals surface area contributed by atoms with Gasteiger partial charge in [0, 0.05) is 63.2 Å². The summed E-state index contributed by atoms with van der Waals surface area (Å²) in [5, 5.41) is 11.2. The molecule has 230 valence electrons. The standard InChI is InChI=1S/C34H35N7O4/c1-22(42)41-31-12-11-24-17-30(32(43)39(19-23-7-3-2-4-8-23)21-28(24)27(31)18-35-41)37-33(44)38-15-13-26(14-16-38)40-20-25-9-5-6-10-29(25)36-34(40)45/h2-12,18,26,30H,13-17,19-21H2,1H3,(H,36,45)(H,37,44)/t30-/m1/s1. The molecule has 1 aromatic heterocycles. The van der Waals surface area contributed by atoms with Gasteiger partial charge in [-0.25, -0.2) is 14.3 Å². The van der Waals surface area contributed by atoms with Crippen LogP contribution in [0.5, 0.6) is 0 Å². The summed E-state index contributed by atoms with van der Waals surface area (Å²) in [6.45, 7) is 3.71. The number of carbonyl (C=O) groups is 4. The third-order valence-electron chi connectivity index (χ3n) is 9.21. The average Bonchev–Trinajstić information content (AvgIpc) is 3.45. The van der Waals surface area contributed by atoms with E-state index in [9.17, 15) is 19.2 Å². The zero-order valence-corrected chi connectivity index (χ0v) is 25.1. The van der Waals surface area contributed by atoms with Gasteiger partial charge in [0.15, 0.2) is 0 Å². The lowest BCUT2D eigenvalue weighted by Crippen LogP contribution is -2.55. The number of nitrogens with one attached hydrogen (secondary N) is 2. The average molecular weight is 606 g/mol. The van der Waals surface area contributed by atoms with Gasteiger partial charge in [-0.3, -0.25) is 9.59 Å². The van der Waals surface area contributed by atoms with Crippen molar-refractivity contribution in [1.82, 2.24) is 29.8 Å². The van der Waals surface area contributed by atoms with Gasteiger partial charge < -0.3 is 25.3 Å². The summed E-state index contributed by atoms with van der Waals surface area (Å²) in [4.78, 5) is 58.0. The first kappa shape index (κ1) is 28.6. The molecule has 4 aromatic rings. The van der Waals surface area contributed by atoms with Crippen LogP contribution < -0.4 is 10.6 Å². The van der Waals surface area contributed by atoms with Crippen LogP contribution in [0.2, 0.25) is 0 Å². The fourth-order valence-electron chi connectivity index (χ4n) is 6.82. The van der Waals surface area contributed by atoms with E-state index < -0.39 is 6.04 Å². The molecule has 11 nitrogen and oxygen atoms in total. The van der Waals surface area contributed by atoms with E-state index >= 15 is 0 Å². The second-order valence-electron chi connectivity index (χ2n) is 12.0. The highest BCUT2D eigenvalue weighted by atomic mass is 16.2. The van der Waals surface area contributed by atoms with Crippen molar-refractivity contribution >= 4 is 40.5 Å². The van der Waals surface area contributed by atoms with Gasteiger partial charge in [-0.2, -0.15) is 5.10 Å². The Labute approximate surface area is 260 Å². The molecule has 0 radical (unpaired) electrons. The monoisotopic (exact) mass is 605 g/mol. The summed E-state index contributed by atoms with van der Waals surface area (Å²) in [5.74, 6) is -0.343. The van der Waals surface area contributed by atoms with Gasteiger partial charge in [0.2, 0.25) is 11.8 Å². The number of benzene rings is 3. The Morgan fingerprint density at radius 3 is 2.47 bits per heavy atom. The van der Waals surface area contributed by atoms with Gasteiger partial charge in [0.05, 0.1) is 11.7 Å². The van der Waals surface area contributed by atoms with Crippen molar-refractivity contribution in [2.45, 2.75) is 57.9 Å². The van der Waals surface area contributed by atoms with Crippen LogP contribution in [0.4, 0.5) is 15.3 Å². The number of para-hydroxylation sites is 1. The van der Waals surface area contributed by atoms with Gasteiger partial charge in [-0.1, -0.05) is 54.6 Å². The predicted molar refractivity (Wildman–Crippen MR) is 168 cm³/mol. The Morgan fingerprint density at radius 1 is 0.933 bits per heavy atom. The first-order chi connectivity index (χ1) is 21.9. The van der Waals surface area contributed by atoms with Gasteiger partial charge >= 0.3 is 12.1 Å². The zero-order valence-electron chi connectivity index (χ0n) is 25.1. The van der Waals surface area contributed by atoms with E-state index in [0.717, 1.165) is 33.3 Å². The highest BCUT2D eigenvalue weighted by molar-refractivity contribution is 5.94. The van der Waals surface area contributed by atoms with Crippen molar-refractivity contribution in [2.75, 3.05) is 18.4 Å². The van der Waals surface area contributed by atoms with Crippen LogP contribution in [-0.4, -0.2) is 73.5 Å². The quantitative estimate of drug-likeness (QED) is 0.358. The molecular weight excluding hydrogens is 570 g/mol. The Balaban J connectivity index is 1.08. The minimum atomic E-state index is -0.759. The molecule has 7 rings (SSSR count). The number of hydrogen-bond acceptors (Lipinski definition) is 5. The highest BCUT2D eigenvalue weighted by Crippen LogP contribution is 2.30. The molecule has 3 aliphatic rings. The van der Waals surface area contributed by atoms with E-state index in [-0.39, 0.29) is 29.9 Å². The predicted octanol–water partition coefficient (Wildman–Crippen LogP) is 4.37. The maximum Gasteiger partial charge on any atom is 0.322 e. The number of carbonyl (C=O) groups excluding carboxylic acids is 4. The molecule has 3 aliphatic heterocycles. The number of nitrogens with zero attached hydrogens (tertiary/aromatic N) is 5. The summed E-state index contributed by atoms with van der Waals surface area (Å²) in [6, 6.07) is 20.2. The molecule has 0 spiro atoms. The lowest BCUT2D eigenvalue weighted by Gasteiger charge is -2.40. The number of piperidine rings is 1. The SMILES string of the molecule is CC(=O)n1ncc2c3c(ccc21)C[C@@H](NC(=O)N1CCC(N2Cc4ccccc4NC2=O)CC1)C(=O)N(Cc1ccccc1)C3. The summed E-state index contributed by atoms with van der Waals surface area (Å²) in [7, 11) is 0. The van der Waals surface area contributed by atoms with E-state index in [1.165, 1.54) is 11.6 Å². The van der Waals surface area contributed by atoms with Gasteiger partial charge in [-0.05, 0) is 47.2 Å². The Morgan fingerprint density at radius 2 is 1.69 bits per heavy atom. The highest BCUT2D eigenvalue weighted by Gasteiger charge is 2.36. The lowest BCUT2D eigenvalue weighted by molar-refractivity contribution is -0.134. The van der Waals surface area contributed by atoms with Crippen molar-refractivity contribution in [3.05, 3.63) is 95.2 Å². The molecule has 3 aromatic carbocycles. The summed E-state index contributed by atoms with van der Waals surface area (Å²) >= 11 is 0. The van der Waals surface area contributed by atoms with Gasteiger partial charge in [-0.15, -0.1) is 0 Å². The second kappa shape index (κ2) is 11.7. The Kier molecular flexibility index (Phi) is 7.44. The molecule has 1 fully saturated rings. The molecule has 0 saturated carbocycles. The van der Waals surface area contributed by atoms with Crippen molar-refractivity contribution < 1.29 is 19.2 Å². The van der Waals surface area contributed by atoms with Gasteiger partial charge in [0.25, 0.3) is 0 Å².